The van der Waals surface area contributed by atoms with Crippen molar-refractivity contribution in [3.8, 4) is 11.3 Å². The molecule has 0 spiro atoms. The smallest absolute Gasteiger partial charge is 0.430 e. The lowest BCUT2D eigenvalue weighted by Crippen LogP contribution is -2.21. The third kappa shape index (κ3) is 6.90. The first kappa shape index (κ1) is 23.0. The number of thioether (sulfide) groups is 1. The van der Waals surface area contributed by atoms with E-state index in [-0.39, 0.29) is 11.7 Å². The fourth-order valence-corrected chi connectivity index (χ4v) is 3.20. The molecule has 2 rings (SSSR count). The number of esters is 1. The molecule has 3 N–H and O–H groups in total. The maximum absolute atomic E-state index is 12.9. The number of H-pyrrole nitrogens is 1. The Hall–Kier alpha value is -2.33. The van der Waals surface area contributed by atoms with Crippen molar-refractivity contribution in [1.29, 1.82) is 0 Å². The first-order chi connectivity index (χ1) is 13.7. The van der Waals surface area contributed by atoms with Crippen molar-refractivity contribution in [3.05, 3.63) is 53.9 Å². The number of hydrogen-bond acceptors (Lipinski definition) is 6. The number of aromatic amines is 1. The van der Waals surface area contributed by atoms with Crippen LogP contribution in [0.4, 0.5) is 13.2 Å². The summed E-state index contributed by atoms with van der Waals surface area (Å²) < 4.78 is 43.3. The predicted molar refractivity (Wildman–Crippen MR) is 112 cm³/mol. The van der Waals surface area contributed by atoms with Gasteiger partial charge in [-0.1, -0.05) is 19.1 Å². The highest BCUT2D eigenvalue weighted by Crippen LogP contribution is 2.26. The van der Waals surface area contributed by atoms with E-state index in [0.717, 1.165) is 16.2 Å². The van der Waals surface area contributed by atoms with Crippen LogP contribution in [0.1, 0.15) is 12.6 Å². The quantitative estimate of drug-likeness (QED) is 0.186. The van der Waals surface area contributed by atoms with Crippen molar-refractivity contribution < 1.29 is 22.7 Å². The summed E-state index contributed by atoms with van der Waals surface area (Å²) in [4.78, 5) is 19.6. The van der Waals surface area contributed by atoms with E-state index in [1.54, 1.807) is 23.9 Å². The minimum absolute atomic E-state index is 0.110. The van der Waals surface area contributed by atoms with Crippen LogP contribution < -0.4 is 5.73 Å². The molecule has 2 aromatic rings. The van der Waals surface area contributed by atoms with Crippen LogP contribution in [0.2, 0.25) is 0 Å². The van der Waals surface area contributed by atoms with Crippen molar-refractivity contribution in [1.82, 2.24) is 4.98 Å². The molecule has 0 bridgehead atoms. The molecule has 0 amide bonds. The number of aromatic nitrogens is 1. The Kier molecular flexibility index (Phi) is 8.27. The lowest BCUT2D eigenvalue weighted by molar-refractivity contribution is -0.139. The van der Waals surface area contributed by atoms with Crippen LogP contribution in [-0.4, -0.2) is 41.1 Å². The lowest BCUT2D eigenvalue weighted by atomic mass is 10.2. The van der Waals surface area contributed by atoms with E-state index < -0.39 is 24.4 Å². The van der Waals surface area contributed by atoms with Crippen LogP contribution in [0.25, 0.3) is 11.3 Å². The molecule has 29 heavy (non-hydrogen) atoms. The zero-order valence-corrected chi connectivity index (χ0v) is 17.2. The molecule has 1 heterocycles. The fourth-order valence-electron chi connectivity index (χ4n) is 2.34. The molecular formula is C19H20F3N3O2S2. The maximum Gasteiger partial charge on any atom is 0.430 e. The van der Waals surface area contributed by atoms with Gasteiger partial charge in [-0.2, -0.15) is 13.2 Å². The van der Waals surface area contributed by atoms with E-state index in [4.69, 9.17) is 5.73 Å². The summed E-state index contributed by atoms with van der Waals surface area (Å²) in [6.07, 6.45) is -4.03. The molecule has 0 radical (unpaired) electrons. The second kappa shape index (κ2) is 10.4. The summed E-state index contributed by atoms with van der Waals surface area (Å²) in [5.41, 5.74) is 5.56. The molecule has 10 heteroatoms. The van der Waals surface area contributed by atoms with E-state index in [0.29, 0.717) is 17.5 Å². The molecule has 0 aliphatic carbocycles. The zero-order valence-electron chi connectivity index (χ0n) is 15.5. The molecule has 0 fully saturated rings. The standard InChI is InChI=1S/C19H20F3N3O2S2/c1-2-29-13-5-3-4-12(8-13)14-6-7-15(25-14)16(9-17(23)19(20,21)22)24-10-18(26)27-11-28/h3-9,25,28H,2,10-11,23H2,1H3. The lowest BCUT2D eigenvalue weighted by Gasteiger charge is -2.08. The van der Waals surface area contributed by atoms with Crippen LogP contribution in [0.5, 0.6) is 0 Å². The Bertz CT molecular complexity index is 908. The Morgan fingerprint density at radius 1 is 1.34 bits per heavy atom. The number of aliphatic imine (C=N–C) groups is 1. The number of nitrogens with one attached hydrogen (secondary N) is 1. The minimum atomic E-state index is -4.71. The van der Waals surface area contributed by atoms with Crippen molar-refractivity contribution in [3.63, 3.8) is 0 Å². The molecule has 156 valence electrons. The number of alkyl halides is 3. The number of nitrogens with zero attached hydrogens (tertiary/aromatic N) is 1. The van der Waals surface area contributed by atoms with Crippen molar-refractivity contribution in [2.45, 2.75) is 18.0 Å². The van der Waals surface area contributed by atoms with Gasteiger partial charge in [-0.05, 0) is 41.7 Å². The van der Waals surface area contributed by atoms with Gasteiger partial charge in [0.2, 0.25) is 0 Å². The second-order valence-electron chi connectivity index (χ2n) is 5.69. The molecule has 5 nitrogen and oxygen atoms in total. The summed E-state index contributed by atoms with van der Waals surface area (Å²) in [6, 6.07) is 11.1. The molecule has 0 aliphatic rings. The van der Waals surface area contributed by atoms with Crippen LogP contribution >= 0.6 is 24.4 Å². The maximum atomic E-state index is 12.9. The molecule has 0 atom stereocenters. The van der Waals surface area contributed by atoms with E-state index in [9.17, 15) is 18.0 Å². The highest BCUT2D eigenvalue weighted by Gasteiger charge is 2.32. The van der Waals surface area contributed by atoms with Gasteiger partial charge in [-0.25, -0.2) is 0 Å². The summed E-state index contributed by atoms with van der Waals surface area (Å²) in [5, 5.41) is 0. The number of carbonyl (C=O) groups excluding carboxylic acids is 1. The summed E-state index contributed by atoms with van der Waals surface area (Å²) in [5.74, 6) is 0.0517. The highest BCUT2D eigenvalue weighted by molar-refractivity contribution is 7.99. The molecule has 0 aliphatic heterocycles. The van der Waals surface area contributed by atoms with Crippen molar-refractivity contribution in [2.75, 3.05) is 18.2 Å². The van der Waals surface area contributed by atoms with Gasteiger partial charge >= 0.3 is 12.1 Å². The highest BCUT2D eigenvalue weighted by atomic mass is 32.2. The van der Waals surface area contributed by atoms with E-state index >= 15 is 0 Å². The molecule has 0 saturated carbocycles. The van der Waals surface area contributed by atoms with Gasteiger partial charge in [0.1, 0.15) is 18.2 Å². The Morgan fingerprint density at radius 3 is 2.76 bits per heavy atom. The summed E-state index contributed by atoms with van der Waals surface area (Å²) in [6.45, 7) is 1.58. The number of rotatable bonds is 8. The SMILES string of the molecule is CCSc1cccc(-c2ccc(C(C=C(N)C(F)(F)F)=NCC(=O)OCS)[nH]2)c1. The molecular weight excluding hydrogens is 423 g/mol. The number of ether oxygens (including phenoxy) is 1. The largest absolute Gasteiger partial charge is 0.454 e. The normalized spacial score (nSPS) is 12.9. The van der Waals surface area contributed by atoms with Crippen LogP contribution in [0.3, 0.4) is 0 Å². The van der Waals surface area contributed by atoms with Crippen LogP contribution in [0, 0.1) is 0 Å². The van der Waals surface area contributed by atoms with Gasteiger partial charge in [0.15, 0.2) is 0 Å². The monoisotopic (exact) mass is 443 g/mol. The van der Waals surface area contributed by atoms with Gasteiger partial charge in [0.25, 0.3) is 0 Å². The Labute approximate surface area is 176 Å². The second-order valence-corrected chi connectivity index (χ2v) is 7.29. The number of carbonyl (C=O) groups is 1. The number of thiol groups is 1. The number of allylic oxidation sites excluding steroid dienone is 2. The summed E-state index contributed by atoms with van der Waals surface area (Å²) in [7, 11) is 0. The molecule has 1 aromatic carbocycles. The number of hydrogen-bond donors (Lipinski definition) is 3. The minimum Gasteiger partial charge on any atom is -0.454 e. The predicted octanol–water partition coefficient (Wildman–Crippen LogP) is 4.42. The average Bonchev–Trinajstić information content (AvgIpc) is 3.15. The van der Waals surface area contributed by atoms with Gasteiger partial charge in [0, 0.05) is 10.6 Å². The average molecular weight is 444 g/mol. The number of nitrogens with two attached hydrogens (primary N) is 1. The molecule has 1 aromatic heterocycles. The van der Waals surface area contributed by atoms with E-state index in [2.05, 4.69) is 27.3 Å². The van der Waals surface area contributed by atoms with Gasteiger partial charge in [-0.3, -0.25) is 9.79 Å². The topological polar surface area (TPSA) is 80.5 Å². The third-order valence-electron chi connectivity index (χ3n) is 3.64. The molecule has 0 saturated heterocycles. The van der Waals surface area contributed by atoms with Crippen molar-refractivity contribution >= 4 is 36.1 Å². The van der Waals surface area contributed by atoms with Crippen molar-refractivity contribution in [2.24, 2.45) is 10.7 Å². The van der Waals surface area contributed by atoms with Crippen LogP contribution in [-0.2, 0) is 9.53 Å². The van der Waals surface area contributed by atoms with Gasteiger partial charge < -0.3 is 15.5 Å². The Balaban J connectivity index is 2.38. The zero-order chi connectivity index (χ0) is 21.4. The molecule has 0 unspecified atom stereocenters. The summed E-state index contributed by atoms with van der Waals surface area (Å²) >= 11 is 5.43. The van der Waals surface area contributed by atoms with E-state index in [1.165, 1.54) is 0 Å². The Morgan fingerprint density at radius 2 is 2.10 bits per heavy atom. The van der Waals surface area contributed by atoms with E-state index in [1.807, 2.05) is 31.2 Å². The fraction of sp³-hybridized carbons (Fsp3) is 0.263. The van der Waals surface area contributed by atoms with Crippen LogP contribution in [0.15, 0.2) is 58.1 Å². The third-order valence-corrected chi connectivity index (χ3v) is 4.65. The van der Waals surface area contributed by atoms with Gasteiger partial charge in [0.05, 0.1) is 11.4 Å². The first-order valence-corrected chi connectivity index (χ1v) is 10.1. The number of benzene rings is 1. The number of halogens is 3. The first-order valence-electron chi connectivity index (χ1n) is 8.52. The van der Waals surface area contributed by atoms with Gasteiger partial charge in [-0.15, -0.1) is 24.4 Å².